The first kappa shape index (κ1) is 12.7. The first-order valence-electron chi connectivity index (χ1n) is 4.83. The van der Waals surface area contributed by atoms with Crippen molar-refractivity contribution < 1.29 is 31.5 Å². The summed E-state index contributed by atoms with van der Waals surface area (Å²) in [5.41, 5.74) is -1.08. The molecule has 0 aromatic heterocycles. The van der Waals surface area contributed by atoms with Crippen LogP contribution in [0.1, 0.15) is 11.7 Å². The molecule has 0 unspecified atom stereocenters. The summed E-state index contributed by atoms with van der Waals surface area (Å²) in [6.07, 6.45) is -1.41. The average molecular weight is 267 g/mol. The summed E-state index contributed by atoms with van der Waals surface area (Å²) >= 11 is 0. The van der Waals surface area contributed by atoms with Crippen LogP contribution in [0.4, 0.5) is 22.0 Å². The summed E-state index contributed by atoms with van der Waals surface area (Å²) in [5, 5.41) is 2.20. The molecule has 98 valence electrons. The Morgan fingerprint density at radius 2 is 1.44 bits per heavy atom. The van der Waals surface area contributed by atoms with Crippen LogP contribution in [-0.2, 0) is 9.53 Å². The lowest BCUT2D eigenvalue weighted by molar-refractivity contribution is -0.133. The molecule has 1 aliphatic rings. The third kappa shape index (κ3) is 1.92. The number of rotatable bonds is 1. The van der Waals surface area contributed by atoms with Gasteiger partial charge >= 0.3 is 0 Å². The molecule has 0 bridgehead atoms. The van der Waals surface area contributed by atoms with Gasteiger partial charge in [-0.05, 0) is 0 Å². The number of morpholine rings is 1. The summed E-state index contributed by atoms with van der Waals surface area (Å²) in [5.74, 6) is -10.7. The van der Waals surface area contributed by atoms with Crippen LogP contribution >= 0.6 is 0 Å². The van der Waals surface area contributed by atoms with Gasteiger partial charge in [0, 0.05) is 6.54 Å². The Hall–Kier alpha value is -1.70. The predicted molar refractivity (Wildman–Crippen MR) is 47.9 cm³/mol. The molecule has 1 fully saturated rings. The molecular formula is C10H6F5NO2. The molecule has 2 rings (SSSR count). The first-order chi connectivity index (χ1) is 8.43. The lowest BCUT2D eigenvalue weighted by Gasteiger charge is -2.24. The van der Waals surface area contributed by atoms with Gasteiger partial charge in [-0.3, -0.25) is 4.79 Å². The lowest BCUT2D eigenvalue weighted by Crippen LogP contribution is -2.39. The summed E-state index contributed by atoms with van der Waals surface area (Å²) in [4.78, 5) is 10.8. The van der Waals surface area contributed by atoms with Crippen molar-refractivity contribution in [2.24, 2.45) is 0 Å². The van der Waals surface area contributed by atoms with E-state index in [1.54, 1.807) is 0 Å². The maximum absolute atomic E-state index is 13.4. The molecule has 1 aliphatic heterocycles. The zero-order chi connectivity index (χ0) is 13.4. The van der Waals surface area contributed by atoms with Gasteiger partial charge < -0.3 is 10.1 Å². The van der Waals surface area contributed by atoms with Gasteiger partial charge in [-0.15, -0.1) is 0 Å². The third-order valence-corrected chi connectivity index (χ3v) is 2.47. The molecule has 1 aromatic rings. The number of amides is 1. The van der Waals surface area contributed by atoms with E-state index < -0.39 is 53.3 Å². The fourth-order valence-corrected chi connectivity index (χ4v) is 1.58. The van der Waals surface area contributed by atoms with Crippen LogP contribution in [-0.4, -0.2) is 19.1 Å². The summed E-state index contributed by atoms with van der Waals surface area (Å²) in [6, 6.07) is 0. The van der Waals surface area contributed by atoms with Crippen LogP contribution in [0.5, 0.6) is 0 Å². The maximum Gasteiger partial charge on any atom is 0.246 e. The molecule has 0 aliphatic carbocycles. The number of nitrogens with one attached hydrogen (secondary N) is 1. The minimum Gasteiger partial charge on any atom is -0.362 e. The number of halogens is 5. The molecule has 1 saturated heterocycles. The second-order valence-corrected chi connectivity index (χ2v) is 3.59. The zero-order valence-corrected chi connectivity index (χ0v) is 8.70. The van der Waals surface area contributed by atoms with Crippen molar-refractivity contribution in [2.45, 2.75) is 6.10 Å². The molecule has 8 heteroatoms. The van der Waals surface area contributed by atoms with Crippen molar-refractivity contribution in [3.8, 4) is 0 Å². The molecule has 1 atom stereocenters. The van der Waals surface area contributed by atoms with Crippen molar-refractivity contribution >= 4 is 5.91 Å². The van der Waals surface area contributed by atoms with Gasteiger partial charge in [0.15, 0.2) is 23.3 Å². The Labute approximate surface area is 97.5 Å². The van der Waals surface area contributed by atoms with Crippen LogP contribution in [0, 0.1) is 29.1 Å². The van der Waals surface area contributed by atoms with Crippen molar-refractivity contribution in [1.29, 1.82) is 0 Å². The highest BCUT2D eigenvalue weighted by Gasteiger charge is 2.32. The molecule has 1 aromatic carbocycles. The van der Waals surface area contributed by atoms with E-state index >= 15 is 0 Å². The van der Waals surface area contributed by atoms with Crippen LogP contribution in [0.2, 0.25) is 0 Å². The fourth-order valence-electron chi connectivity index (χ4n) is 1.58. The predicted octanol–water partition coefficient (Wildman–Crippen LogP) is 1.57. The molecule has 0 spiro atoms. The lowest BCUT2D eigenvalue weighted by atomic mass is 10.1. The smallest absolute Gasteiger partial charge is 0.246 e. The monoisotopic (exact) mass is 267 g/mol. The maximum atomic E-state index is 13.4. The highest BCUT2D eigenvalue weighted by molar-refractivity contribution is 5.77. The third-order valence-electron chi connectivity index (χ3n) is 2.47. The SMILES string of the molecule is O=C1CO[C@@H](c2c(F)c(F)c(F)c(F)c2F)CN1. The number of ether oxygens (including phenoxy) is 1. The summed E-state index contributed by atoms with van der Waals surface area (Å²) in [7, 11) is 0. The molecule has 1 heterocycles. The number of benzene rings is 1. The Kier molecular flexibility index (Phi) is 3.20. The largest absolute Gasteiger partial charge is 0.362 e. The number of carbonyl (C=O) groups is 1. The molecular weight excluding hydrogens is 261 g/mol. The second kappa shape index (κ2) is 4.52. The standard InChI is InChI=1S/C10H6F5NO2/c11-6-5(3-1-16-4(17)2-18-3)7(12)9(14)10(15)8(6)13/h3H,1-2H2,(H,16,17)/t3-/m1/s1. The number of hydrogen-bond acceptors (Lipinski definition) is 2. The van der Waals surface area contributed by atoms with E-state index in [1.165, 1.54) is 0 Å². The van der Waals surface area contributed by atoms with E-state index in [4.69, 9.17) is 4.74 Å². The Balaban J connectivity index is 2.48. The van der Waals surface area contributed by atoms with Gasteiger partial charge in [-0.25, -0.2) is 22.0 Å². The molecule has 18 heavy (non-hydrogen) atoms. The van der Waals surface area contributed by atoms with Gasteiger partial charge in [0.2, 0.25) is 11.7 Å². The molecule has 0 saturated carbocycles. The quantitative estimate of drug-likeness (QED) is 0.476. The van der Waals surface area contributed by atoms with Crippen LogP contribution in [0.3, 0.4) is 0 Å². The first-order valence-corrected chi connectivity index (χ1v) is 4.83. The fraction of sp³-hybridized carbons (Fsp3) is 0.300. The second-order valence-electron chi connectivity index (χ2n) is 3.59. The Bertz CT molecular complexity index is 480. The van der Waals surface area contributed by atoms with Crippen molar-refractivity contribution in [3.05, 3.63) is 34.6 Å². The van der Waals surface area contributed by atoms with Crippen LogP contribution in [0.15, 0.2) is 0 Å². The molecule has 1 N–H and O–H groups in total. The number of hydrogen-bond donors (Lipinski definition) is 1. The van der Waals surface area contributed by atoms with E-state index in [2.05, 4.69) is 5.32 Å². The average Bonchev–Trinajstić information content (AvgIpc) is 2.36. The topological polar surface area (TPSA) is 38.3 Å². The van der Waals surface area contributed by atoms with Crippen molar-refractivity contribution in [1.82, 2.24) is 5.32 Å². The van der Waals surface area contributed by atoms with E-state index in [0.29, 0.717) is 0 Å². The molecule has 1 amide bonds. The van der Waals surface area contributed by atoms with E-state index in [-0.39, 0.29) is 6.54 Å². The van der Waals surface area contributed by atoms with E-state index in [0.717, 1.165) is 0 Å². The number of carbonyl (C=O) groups excluding carboxylic acids is 1. The van der Waals surface area contributed by atoms with Crippen molar-refractivity contribution in [3.63, 3.8) is 0 Å². The minimum atomic E-state index is -2.23. The van der Waals surface area contributed by atoms with Gasteiger partial charge in [0.25, 0.3) is 0 Å². The van der Waals surface area contributed by atoms with E-state index in [9.17, 15) is 26.7 Å². The van der Waals surface area contributed by atoms with Crippen molar-refractivity contribution in [2.75, 3.05) is 13.2 Å². The van der Waals surface area contributed by atoms with Gasteiger partial charge in [-0.2, -0.15) is 0 Å². The van der Waals surface area contributed by atoms with E-state index in [1.807, 2.05) is 0 Å². The Morgan fingerprint density at radius 1 is 0.944 bits per heavy atom. The minimum absolute atomic E-state index is 0.364. The highest BCUT2D eigenvalue weighted by Crippen LogP contribution is 2.30. The Morgan fingerprint density at radius 3 is 1.89 bits per heavy atom. The van der Waals surface area contributed by atoms with Crippen LogP contribution < -0.4 is 5.32 Å². The van der Waals surface area contributed by atoms with Gasteiger partial charge in [0.1, 0.15) is 12.7 Å². The summed E-state index contributed by atoms with van der Waals surface area (Å²) in [6.45, 7) is -0.874. The highest BCUT2D eigenvalue weighted by atomic mass is 19.2. The zero-order valence-electron chi connectivity index (χ0n) is 8.70. The van der Waals surface area contributed by atoms with Gasteiger partial charge in [0.05, 0.1) is 5.56 Å². The summed E-state index contributed by atoms with van der Waals surface area (Å²) < 4.78 is 70.1. The molecule has 0 radical (unpaired) electrons. The van der Waals surface area contributed by atoms with Crippen LogP contribution in [0.25, 0.3) is 0 Å². The van der Waals surface area contributed by atoms with Gasteiger partial charge in [-0.1, -0.05) is 0 Å². The molecule has 3 nitrogen and oxygen atoms in total. The normalized spacial score (nSPS) is 19.8.